The van der Waals surface area contributed by atoms with Gasteiger partial charge in [0, 0.05) is 7.05 Å². The van der Waals surface area contributed by atoms with Crippen LogP contribution in [0.15, 0.2) is 18.2 Å². The Morgan fingerprint density at radius 1 is 1.35 bits per heavy atom. The first-order valence-corrected chi connectivity index (χ1v) is 6.51. The smallest absolute Gasteiger partial charge is 0.236 e. The fourth-order valence-corrected chi connectivity index (χ4v) is 2.19. The van der Waals surface area contributed by atoms with Crippen LogP contribution < -0.4 is 19.9 Å². The highest BCUT2D eigenvalue weighted by atomic mass is 16.7. The topological polar surface area (TPSA) is 71.5 Å². The van der Waals surface area contributed by atoms with Gasteiger partial charge in [-0.2, -0.15) is 5.10 Å². The summed E-state index contributed by atoms with van der Waals surface area (Å²) < 4.78 is 18.1. The molecule has 0 saturated carbocycles. The molecule has 1 aliphatic heterocycles. The lowest BCUT2D eigenvalue weighted by Gasteiger charge is -2.08. The molecular weight excluding hydrogens is 258 g/mol. The van der Waals surface area contributed by atoms with Crippen molar-refractivity contribution in [2.24, 2.45) is 7.05 Å². The Hall–Kier alpha value is -2.37. The van der Waals surface area contributed by atoms with Gasteiger partial charge in [0.15, 0.2) is 11.5 Å². The van der Waals surface area contributed by atoms with Crippen molar-refractivity contribution in [1.82, 2.24) is 9.78 Å². The molecule has 2 N–H and O–H groups in total. The molecule has 0 unspecified atom stereocenters. The summed E-state index contributed by atoms with van der Waals surface area (Å²) in [6, 6.07) is 5.74. The van der Waals surface area contributed by atoms with E-state index in [1.165, 1.54) is 0 Å². The van der Waals surface area contributed by atoms with Crippen molar-refractivity contribution in [1.29, 1.82) is 0 Å². The summed E-state index contributed by atoms with van der Waals surface area (Å²) >= 11 is 0. The normalized spacial score (nSPS) is 12.7. The van der Waals surface area contributed by atoms with Crippen LogP contribution in [0.1, 0.15) is 18.2 Å². The van der Waals surface area contributed by atoms with Crippen LogP contribution in [0.2, 0.25) is 0 Å². The zero-order chi connectivity index (χ0) is 14.1. The standard InChI is InChI=1S/C14H17N3O3/c1-3-10-13(15)14(17(2)16-10)18-7-9-4-5-11-12(6-9)20-8-19-11/h4-6H,3,7-8,15H2,1-2H3. The summed E-state index contributed by atoms with van der Waals surface area (Å²) in [7, 11) is 1.82. The monoisotopic (exact) mass is 275 g/mol. The average Bonchev–Trinajstić information content (AvgIpc) is 3.01. The van der Waals surface area contributed by atoms with Crippen molar-refractivity contribution >= 4 is 5.69 Å². The molecule has 0 fully saturated rings. The van der Waals surface area contributed by atoms with E-state index in [-0.39, 0.29) is 6.79 Å². The van der Waals surface area contributed by atoms with Crippen LogP contribution in [-0.2, 0) is 20.1 Å². The summed E-state index contributed by atoms with van der Waals surface area (Å²) in [6.07, 6.45) is 0.785. The molecule has 1 aromatic heterocycles. The van der Waals surface area contributed by atoms with Gasteiger partial charge in [0.25, 0.3) is 0 Å². The van der Waals surface area contributed by atoms with Gasteiger partial charge in [-0.1, -0.05) is 13.0 Å². The maximum Gasteiger partial charge on any atom is 0.236 e. The second kappa shape index (κ2) is 4.96. The lowest BCUT2D eigenvalue weighted by molar-refractivity contribution is 0.174. The van der Waals surface area contributed by atoms with Crippen molar-refractivity contribution in [3.63, 3.8) is 0 Å². The van der Waals surface area contributed by atoms with Crippen molar-refractivity contribution in [3.05, 3.63) is 29.5 Å². The van der Waals surface area contributed by atoms with E-state index in [1.807, 2.05) is 32.2 Å². The van der Waals surface area contributed by atoms with E-state index in [9.17, 15) is 0 Å². The van der Waals surface area contributed by atoms with Gasteiger partial charge >= 0.3 is 0 Å². The van der Waals surface area contributed by atoms with Crippen LogP contribution in [0.25, 0.3) is 0 Å². The lowest BCUT2D eigenvalue weighted by Crippen LogP contribution is -2.02. The minimum Gasteiger partial charge on any atom is -0.471 e. The number of nitrogens with two attached hydrogens (primary N) is 1. The molecule has 0 saturated heterocycles. The molecule has 0 spiro atoms. The Labute approximate surface area is 117 Å². The molecule has 2 heterocycles. The number of rotatable bonds is 4. The van der Waals surface area contributed by atoms with Crippen LogP contribution in [0, 0.1) is 0 Å². The third kappa shape index (κ3) is 2.13. The third-order valence-corrected chi connectivity index (χ3v) is 3.25. The zero-order valence-electron chi connectivity index (χ0n) is 11.5. The first-order chi connectivity index (χ1) is 9.69. The van der Waals surface area contributed by atoms with Crippen LogP contribution in [0.3, 0.4) is 0 Å². The number of nitrogens with zero attached hydrogens (tertiary/aromatic N) is 2. The van der Waals surface area contributed by atoms with Gasteiger partial charge in [0.1, 0.15) is 12.3 Å². The van der Waals surface area contributed by atoms with E-state index in [0.717, 1.165) is 29.2 Å². The summed E-state index contributed by atoms with van der Waals surface area (Å²) in [5.74, 6) is 2.11. The summed E-state index contributed by atoms with van der Waals surface area (Å²) in [5, 5.41) is 4.32. The second-order valence-corrected chi connectivity index (χ2v) is 4.62. The van der Waals surface area contributed by atoms with Crippen LogP contribution >= 0.6 is 0 Å². The number of anilines is 1. The van der Waals surface area contributed by atoms with Gasteiger partial charge < -0.3 is 19.9 Å². The summed E-state index contributed by atoms with van der Waals surface area (Å²) in [5.41, 5.74) is 8.47. The minimum absolute atomic E-state index is 0.272. The van der Waals surface area contributed by atoms with Gasteiger partial charge in [-0.15, -0.1) is 0 Å². The van der Waals surface area contributed by atoms with Crippen molar-refractivity contribution in [2.45, 2.75) is 20.0 Å². The number of nitrogen functional groups attached to an aromatic ring is 1. The van der Waals surface area contributed by atoms with Gasteiger partial charge in [0.05, 0.1) is 5.69 Å². The molecule has 3 rings (SSSR count). The average molecular weight is 275 g/mol. The quantitative estimate of drug-likeness (QED) is 0.922. The highest BCUT2D eigenvalue weighted by molar-refractivity contribution is 5.53. The van der Waals surface area contributed by atoms with Crippen LogP contribution in [-0.4, -0.2) is 16.6 Å². The number of aromatic nitrogens is 2. The highest BCUT2D eigenvalue weighted by Gasteiger charge is 2.15. The molecule has 6 heteroatoms. The molecule has 1 aliphatic rings. The van der Waals surface area contributed by atoms with E-state index in [2.05, 4.69) is 5.10 Å². The summed E-state index contributed by atoms with van der Waals surface area (Å²) in [4.78, 5) is 0. The number of hydrogen-bond acceptors (Lipinski definition) is 5. The van der Waals surface area contributed by atoms with E-state index < -0.39 is 0 Å². The first kappa shape index (κ1) is 12.7. The molecule has 0 bridgehead atoms. The molecule has 0 radical (unpaired) electrons. The molecule has 2 aromatic rings. The minimum atomic E-state index is 0.272. The van der Waals surface area contributed by atoms with Gasteiger partial charge in [0.2, 0.25) is 12.7 Å². The second-order valence-electron chi connectivity index (χ2n) is 4.62. The fraction of sp³-hybridized carbons (Fsp3) is 0.357. The van der Waals surface area contributed by atoms with Crippen molar-refractivity contribution in [3.8, 4) is 17.4 Å². The predicted molar refractivity (Wildman–Crippen MR) is 73.9 cm³/mol. The van der Waals surface area contributed by atoms with Gasteiger partial charge in [-0.05, 0) is 24.1 Å². The third-order valence-electron chi connectivity index (χ3n) is 3.25. The first-order valence-electron chi connectivity index (χ1n) is 6.51. The number of hydrogen-bond donors (Lipinski definition) is 1. The summed E-state index contributed by atoms with van der Waals surface area (Å²) in [6.45, 7) is 2.69. The Bertz CT molecular complexity index is 637. The number of aryl methyl sites for hydroxylation is 2. The Balaban J connectivity index is 1.75. The molecule has 0 aliphatic carbocycles. The zero-order valence-corrected chi connectivity index (χ0v) is 11.5. The maximum absolute atomic E-state index is 6.02. The highest BCUT2D eigenvalue weighted by Crippen LogP contribution is 2.33. The van der Waals surface area contributed by atoms with Gasteiger partial charge in [-0.3, -0.25) is 0 Å². The van der Waals surface area contributed by atoms with E-state index in [4.69, 9.17) is 19.9 Å². The maximum atomic E-state index is 6.02. The van der Waals surface area contributed by atoms with Crippen molar-refractivity contribution in [2.75, 3.05) is 12.5 Å². The van der Waals surface area contributed by atoms with Crippen LogP contribution in [0.4, 0.5) is 5.69 Å². The molecule has 1 aromatic carbocycles. The van der Waals surface area contributed by atoms with Gasteiger partial charge in [-0.25, -0.2) is 4.68 Å². The Kier molecular flexibility index (Phi) is 3.14. The molecule has 0 amide bonds. The molecule has 6 nitrogen and oxygen atoms in total. The van der Waals surface area contributed by atoms with Crippen LogP contribution in [0.5, 0.6) is 17.4 Å². The lowest BCUT2D eigenvalue weighted by atomic mass is 10.2. The van der Waals surface area contributed by atoms with E-state index in [0.29, 0.717) is 18.2 Å². The number of benzene rings is 1. The molecule has 0 atom stereocenters. The fourth-order valence-electron chi connectivity index (χ4n) is 2.19. The molecule has 106 valence electrons. The SMILES string of the molecule is CCc1nn(C)c(OCc2ccc3c(c2)OCO3)c1N. The molecule has 20 heavy (non-hydrogen) atoms. The van der Waals surface area contributed by atoms with Crippen molar-refractivity contribution < 1.29 is 14.2 Å². The largest absolute Gasteiger partial charge is 0.471 e. The predicted octanol–water partition coefficient (Wildman–Crippen LogP) is 1.87. The molecular formula is C14H17N3O3. The van der Waals surface area contributed by atoms with E-state index >= 15 is 0 Å². The number of ether oxygens (including phenoxy) is 3. The Morgan fingerprint density at radius 2 is 2.15 bits per heavy atom. The Morgan fingerprint density at radius 3 is 2.90 bits per heavy atom. The van der Waals surface area contributed by atoms with E-state index in [1.54, 1.807) is 4.68 Å². The number of fused-ring (bicyclic) bond motifs is 1.